The Labute approximate surface area is 123 Å². The third-order valence-electron chi connectivity index (χ3n) is 4.74. The Hall–Kier alpha value is -0.860. The first-order valence-corrected chi connectivity index (χ1v) is 7.77. The van der Waals surface area contributed by atoms with Crippen LogP contribution in [-0.4, -0.2) is 17.2 Å². The van der Waals surface area contributed by atoms with Gasteiger partial charge in [0.05, 0.1) is 11.2 Å². The van der Waals surface area contributed by atoms with Crippen molar-refractivity contribution in [1.29, 1.82) is 0 Å². The van der Waals surface area contributed by atoms with Crippen molar-refractivity contribution in [3.8, 4) is 0 Å². The van der Waals surface area contributed by atoms with E-state index in [1.807, 2.05) is 0 Å². The second-order valence-corrected chi connectivity index (χ2v) is 7.28. The number of hydrogen-bond acceptors (Lipinski definition) is 2. The maximum Gasteiger partial charge on any atom is 0.0677 e. The number of nitrogens with two attached hydrogens (primary N) is 1. The van der Waals surface area contributed by atoms with Crippen molar-refractivity contribution in [2.45, 2.75) is 70.6 Å². The summed E-state index contributed by atoms with van der Waals surface area (Å²) in [5, 5.41) is 0. The van der Waals surface area contributed by atoms with E-state index in [0.717, 1.165) is 12.8 Å². The molecule has 0 radical (unpaired) electrons. The van der Waals surface area contributed by atoms with E-state index in [4.69, 9.17) is 10.5 Å². The standard InChI is InChI=1S/C18H29NO/c1-6-14(13-10-8-7-9-11-13)16(19)15-12-17(2,3)20-18(15,4)5/h7-11,14-16H,6,12,19H2,1-5H3. The van der Waals surface area contributed by atoms with Crippen LogP contribution in [0.15, 0.2) is 30.3 Å². The molecule has 1 aliphatic heterocycles. The minimum atomic E-state index is -0.148. The predicted octanol–water partition coefficient (Wildman–Crippen LogP) is 4.10. The molecule has 0 amide bonds. The van der Waals surface area contributed by atoms with Gasteiger partial charge in [-0.05, 0) is 52.0 Å². The average Bonchev–Trinajstić information content (AvgIpc) is 2.59. The fourth-order valence-corrected chi connectivity index (χ4v) is 3.92. The van der Waals surface area contributed by atoms with E-state index in [2.05, 4.69) is 65.0 Å². The van der Waals surface area contributed by atoms with E-state index < -0.39 is 0 Å². The van der Waals surface area contributed by atoms with Crippen LogP contribution in [0.1, 0.15) is 58.9 Å². The second kappa shape index (κ2) is 5.50. The number of rotatable bonds is 4. The summed E-state index contributed by atoms with van der Waals surface area (Å²) in [4.78, 5) is 0. The molecule has 1 fully saturated rings. The molecule has 1 aromatic carbocycles. The van der Waals surface area contributed by atoms with E-state index in [1.165, 1.54) is 5.56 Å². The highest BCUT2D eigenvalue weighted by atomic mass is 16.5. The largest absolute Gasteiger partial charge is 0.369 e. The molecule has 1 heterocycles. The van der Waals surface area contributed by atoms with E-state index in [-0.39, 0.29) is 17.2 Å². The third-order valence-corrected chi connectivity index (χ3v) is 4.74. The maximum absolute atomic E-state index is 6.68. The number of benzene rings is 1. The normalized spacial score (nSPS) is 27.2. The van der Waals surface area contributed by atoms with Crippen LogP contribution in [0.25, 0.3) is 0 Å². The Kier molecular flexibility index (Phi) is 4.27. The highest BCUT2D eigenvalue weighted by Gasteiger charge is 2.49. The second-order valence-electron chi connectivity index (χ2n) is 7.28. The number of ether oxygens (including phenoxy) is 1. The molecular formula is C18H29NO. The monoisotopic (exact) mass is 275 g/mol. The Morgan fingerprint density at radius 3 is 2.25 bits per heavy atom. The highest BCUT2D eigenvalue weighted by molar-refractivity contribution is 5.22. The molecule has 1 saturated heterocycles. The molecule has 0 aliphatic carbocycles. The maximum atomic E-state index is 6.68. The van der Waals surface area contributed by atoms with Crippen molar-refractivity contribution in [2.24, 2.45) is 11.7 Å². The van der Waals surface area contributed by atoms with Crippen LogP contribution in [0.5, 0.6) is 0 Å². The fourth-order valence-electron chi connectivity index (χ4n) is 3.92. The molecule has 1 aliphatic rings. The lowest BCUT2D eigenvalue weighted by Gasteiger charge is -2.35. The first-order valence-electron chi connectivity index (χ1n) is 7.77. The summed E-state index contributed by atoms with van der Waals surface area (Å²) in [6, 6.07) is 10.8. The van der Waals surface area contributed by atoms with Gasteiger partial charge in [0.15, 0.2) is 0 Å². The molecular weight excluding hydrogens is 246 g/mol. The number of hydrogen-bond donors (Lipinski definition) is 1. The average molecular weight is 275 g/mol. The summed E-state index contributed by atoms with van der Waals surface area (Å²) < 4.78 is 6.22. The van der Waals surface area contributed by atoms with E-state index in [0.29, 0.717) is 11.8 Å². The van der Waals surface area contributed by atoms with Gasteiger partial charge in [0.1, 0.15) is 0 Å². The van der Waals surface area contributed by atoms with Gasteiger partial charge in [0.25, 0.3) is 0 Å². The molecule has 0 bridgehead atoms. The fraction of sp³-hybridized carbons (Fsp3) is 0.667. The lowest BCUT2D eigenvalue weighted by Crippen LogP contribution is -2.44. The highest BCUT2D eigenvalue weighted by Crippen LogP contribution is 2.46. The van der Waals surface area contributed by atoms with Crippen LogP contribution in [-0.2, 0) is 4.74 Å². The van der Waals surface area contributed by atoms with Crippen LogP contribution in [0.3, 0.4) is 0 Å². The first kappa shape index (κ1) is 15.5. The summed E-state index contributed by atoms with van der Waals surface area (Å²) in [5.41, 5.74) is 7.82. The Bertz CT molecular complexity index is 438. The molecule has 0 saturated carbocycles. The molecule has 20 heavy (non-hydrogen) atoms. The van der Waals surface area contributed by atoms with Crippen LogP contribution in [0.2, 0.25) is 0 Å². The van der Waals surface area contributed by atoms with Crippen molar-refractivity contribution in [3.05, 3.63) is 35.9 Å². The minimum absolute atomic E-state index is 0.0687. The van der Waals surface area contributed by atoms with Gasteiger partial charge >= 0.3 is 0 Å². The van der Waals surface area contributed by atoms with Crippen molar-refractivity contribution in [2.75, 3.05) is 0 Å². The first-order chi connectivity index (χ1) is 9.27. The van der Waals surface area contributed by atoms with Gasteiger partial charge < -0.3 is 10.5 Å². The minimum Gasteiger partial charge on any atom is -0.369 e. The molecule has 3 atom stereocenters. The summed E-state index contributed by atoms with van der Waals surface area (Å²) >= 11 is 0. The van der Waals surface area contributed by atoms with Crippen LogP contribution in [0.4, 0.5) is 0 Å². The van der Waals surface area contributed by atoms with Crippen molar-refractivity contribution >= 4 is 0 Å². The predicted molar refractivity (Wildman–Crippen MR) is 84.8 cm³/mol. The van der Waals surface area contributed by atoms with E-state index in [1.54, 1.807) is 0 Å². The molecule has 112 valence electrons. The van der Waals surface area contributed by atoms with Crippen molar-refractivity contribution < 1.29 is 4.74 Å². The zero-order chi connectivity index (χ0) is 15.0. The lowest BCUT2D eigenvalue weighted by molar-refractivity contribution is -0.0773. The quantitative estimate of drug-likeness (QED) is 0.898. The third kappa shape index (κ3) is 3.07. The van der Waals surface area contributed by atoms with Gasteiger partial charge in [0, 0.05) is 12.0 Å². The molecule has 2 N–H and O–H groups in total. The molecule has 1 aromatic rings. The SMILES string of the molecule is CCC(c1ccccc1)C(N)C1CC(C)(C)OC1(C)C. The summed E-state index contributed by atoms with van der Waals surface area (Å²) in [6.07, 6.45) is 2.10. The molecule has 2 nitrogen and oxygen atoms in total. The van der Waals surface area contributed by atoms with E-state index in [9.17, 15) is 0 Å². The molecule has 2 rings (SSSR count). The van der Waals surface area contributed by atoms with Gasteiger partial charge in [-0.25, -0.2) is 0 Å². The van der Waals surface area contributed by atoms with Crippen LogP contribution < -0.4 is 5.73 Å². The summed E-state index contributed by atoms with van der Waals surface area (Å²) in [6.45, 7) is 10.9. The van der Waals surface area contributed by atoms with Gasteiger partial charge in [-0.2, -0.15) is 0 Å². The van der Waals surface area contributed by atoms with Gasteiger partial charge in [-0.1, -0.05) is 37.3 Å². The zero-order valence-corrected chi connectivity index (χ0v) is 13.5. The Morgan fingerprint density at radius 1 is 1.20 bits per heavy atom. The van der Waals surface area contributed by atoms with Gasteiger partial charge in [-0.15, -0.1) is 0 Å². The molecule has 2 heteroatoms. The smallest absolute Gasteiger partial charge is 0.0677 e. The Morgan fingerprint density at radius 2 is 1.80 bits per heavy atom. The van der Waals surface area contributed by atoms with Crippen molar-refractivity contribution in [1.82, 2.24) is 0 Å². The van der Waals surface area contributed by atoms with Gasteiger partial charge in [-0.3, -0.25) is 0 Å². The molecule has 3 unspecified atom stereocenters. The van der Waals surface area contributed by atoms with Crippen LogP contribution in [0, 0.1) is 5.92 Å². The van der Waals surface area contributed by atoms with E-state index >= 15 is 0 Å². The zero-order valence-electron chi connectivity index (χ0n) is 13.5. The van der Waals surface area contributed by atoms with Gasteiger partial charge in [0.2, 0.25) is 0 Å². The molecule has 0 aromatic heterocycles. The van der Waals surface area contributed by atoms with Crippen LogP contribution >= 0.6 is 0 Å². The Balaban J connectivity index is 2.23. The van der Waals surface area contributed by atoms with Crippen molar-refractivity contribution in [3.63, 3.8) is 0 Å². The summed E-state index contributed by atoms with van der Waals surface area (Å²) in [5.74, 6) is 0.792. The topological polar surface area (TPSA) is 35.2 Å². The molecule has 0 spiro atoms. The summed E-state index contributed by atoms with van der Waals surface area (Å²) in [7, 11) is 0. The lowest BCUT2D eigenvalue weighted by atomic mass is 9.74.